The maximum absolute atomic E-state index is 10.3. The maximum Gasteiger partial charge on any atom is 0.0991 e. The van der Waals surface area contributed by atoms with Gasteiger partial charge in [0.25, 0.3) is 0 Å². The van der Waals surface area contributed by atoms with Crippen molar-refractivity contribution in [2.24, 2.45) is 0 Å². The smallest absolute Gasteiger partial charge is 0.0991 e. The summed E-state index contributed by atoms with van der Waals surface area (Å²) >= 11 is 0. The van der Waals surface area contributed by atoms with E-state index in [2.05, 4.69) is 239 Å². The van der Waals surface area contributed by atoms with E-state index in [1.54, 1.807) is 0 Å². The molecular formula is C63H51N3. The Hall–Kier alpha value is -7.93. The largest absolute Gasteiger partial charge is 0.309 e. The molecule has 3 heteroatoms. The van der Waals surface area contributed by atoms with E-state index in [-0.39, 0.29) is 10.8 Å². The van der Waals surface area contributed by atoms with Gasteiger partial charge in [0.15, 0.2) is 0 Å². The third-order valence-corrected chi connectivity index (χ3v) is 13.4. The highest BCUT2D eigenvalue weighted by Crippen LogP contribution is 2.50. The van der Waals surface area contributed by atoms with Gasteiger partial charge in [-0.05, 0) is 122 Å². The monoisotopic (exact) mass is 849 g/mol. The SMILES string of the molecule is CC(C)(C)c1ccc2c(c1)c1cc(C(C)(C)C)ccc1n2-c1ccc2c(c1)c1ccccc1n2-c1c(-c2ccccc2)c(-c2ccccc2)cc(-c2ccccc2)c1-c1cccc(C#N)c1. The normalized spacial score (nSPS) is 12.1. The van der Waals surface area contributed by atoms with Crippen molar-refractivity contribution in [1.29, 1.82) is 5.26 Å². The number of nitriles is 1. The van der Waals surface area contributed by atoms with Crippen LogP contribution in [0.15, 0.2) is 200 Å². The lowest BCUT2D eigenvalue weighted by molar-refractivity contribution is 0.590. The van der Waals surface area contributed by atoms with Crippen LogP contribution >= 0.6 is 0 Å². The van der Waals surface area contributed by atoms with E-state index < -0.39 is 0 Å². The molecule has 318 valence electrons. The van der Waals surface area contributed by atoms with Gasteiger partial charge in [-0.15, -0.1) is 0 Å². The van der Waals surface area contributed by atoms with Crippen LogP contribution in [0.3, 0.4) is 0 Å². The molecule has 2 aromatic heterocycles. The first-order valence-electron chi connectivity index (χ1n) is 23.0. The lowest BCUT2D eigenvalue weighted by Gasteiger charge is -2.26. The van der Waals surface area contributed by atoms with Crippen LogP contribution in [0, 0.1) is 11.3 Å². The number of aromatic nitrogens is 2. The Morgan fingerprint density at radius 1 is 0.364 bits per heavy atom. The van der Waals surface area contributed by atoms with Crippen molar-refractivity contribution in [2.45, 2.75) is 52.4 Å². The third kappa shape index (κ3) is 6.81. The van der Waals surface area contributed by atoms with E-state index in [4.69, 9.17) is 0 Å². The number of hydrogen-bond acceptors (Lipinski definition) is 1. The number of hydrogen-bond donors (Lipinski definition) is 0. The van der Waals surface area contributed by atoms with Crippen LogP contribution in [-0.2, 0) is 10.8 Å². The van der Waals surface area contributed by atoms with Gasteiger partial charge >= 0.3 is 0 Å². The van der Waals surface area contributed by atoms with Gasteiger partial charge in [-0.3, -0.25) is 0 Å². The fourth-order valence-corrected chi connectivity index (χ4v) is 10.1. The highest BCUT2D eigenvalue weighted by molar-refractivity contribution is 6.14. The third-order valence-electron chi connectivity index (χ3n) is 13.4. The Bertz CT molecular complexity index is 3630. The minimum atomic E-state index is 0.0105. The number of rotatable bonds is 6. The van der Waals surface area contributed by atoms with Gasteiger partial charge in [0.05, 0.1) is 39.4 Å². The van der Waals surface area contributed by atoms with Crippen molar-refractivity contribution in [3.8, 4) is 62.0 Å². The summed E-state index contributed by atoms with van der Waals surface area (Å²) in [5.41, 5.74) is 18.8. The Morgan fingerprint density at radius 3 is 1.38 bits per heavy atom. The molecule has 0 amide bonds. The van der Waals surface area contributed by atoms with E-state index in [0.717, 1.165) is 72.3 Å². The fourth-order valence-electron chi connectivity index (χ4n) is 10.1. The van der Waals surface area contributed by atoms with Crippen LogP contribution in [0.4, 0.5) is 0 Å². The molecule has 11 rings (SSSR count). The number of nitrogens with zero attached hydrogens (tertiary/aromatic N) is 3. The van der Waals surface area contributed by atoms with Crippen molar-refractivity contribution >= 4 is 43.6 Å². The van der Waals surface area contributed by atoms with Crippen molar-refractivity contribution in [3.05, 3.63) is 217 Å². The summed E-state index contributed by atoms with van der Waals surface area (Å²) in [5, 5.41) is 15.2. The highest BCUT2D eigenvalue weighted by atomic mass is 15.0. The predicted molar refractivity (Wildman–Crippen MR) is 279 cm³/mol. The zero-order valence-electron chi connectivity index (χ0n) is 38.4. The lowest BCUT2D eigenvalue weighted by atomic mass is 9.83. The first kappa shape index (κ1) is 40.8. The molecule has 2 heterocycles. The lowest BCUT2D eigenvalue weighted by Crippen LogP contribution is -2.10. The molecule has 0 atom stereocenters. The first-order chi connectivity index (χ1) is 32.0. The van der Waals surface area contributed by atoms with Crippen LogP contribution in [0.2, 0.25) is 0 Å². The molecule has 0 fully saturated rings. The topological polar surface area (TPSA) is 33.6 Å². The molecule has 0 unspecified atom stereocenters. The Balaban J connectivity index is 1.29. The molecule has 0 aliphatic carbocycles. The van der Waals surface area contributed by atoms with E-state index in [0.29, 0.717) is 5.56 Å². The summed E-state index contributed by atoms with van der Waals surface area (Å²) in [4.78, 5) is 0. The zero-order chi connectivity index (χ0) is 45.3. The van der Waals surface area contributed by atoms with E-state index >= 15 is 0 Å². The van der Waals surface area contributed by atoms with Gasteiger partial charge in [0.2, 0.25) is 0 Å². The molecule has 3 nitrogen and oxygen atoms in total. The van der Waals surface area contributed by atoms with Crippen LogP contribution in [0.25, 0.3) is 99.5 Å². The summed E-state index contributed by atoms with van der Waals surface area (Å²) in [6, 6.07) is 75.2. The van der Waals surface area contributed by atoms with E-state index in [1.165, 1.54) is 38.3 Å². The van der Waals surface area contributed by atoms with Gasteiger partial charge in [-0.2, -0.15) is 5.26 Å². The molecule has 9 aromatic carbocycles. The van der Waals surface area contributed by atoms with Gasteiger partial charge in [-0.1, -0.05) is 175 Å². The zero-order valence-corrected chi connectivity index (χ0v) is 38.4. The van der Waals surface area contributed by atoms with Gasteiger partial charge in [0.1, 0.15) is 0 Å². The van der Waals surface area contributed by atoms with Gasteiger partial charge in [-0.25, -0.2) is 0 Å². The summed E-state index contributed by atoms with van der Waals surface area (Å²) < 4.78 is 4.97. The molecule has 0 N–H and O–H groups in total. The fraction of sp³-hybridized carbons (Fsp3) is 0.127. The maximum atomic E-state index is 10.3. The standard InChI is InChI=1S/C63H51N3/c1-62(2,3)46-29-32-56-52(36-46)53-37-47(63(4,5)6)30-33-57(53)65(56)48-31-34-58-54(38-48)49-27-16-17-28-55(49)66(58)61-59(44-24-14-9-15-25-44)50(42-20-10-7-11-21-42)39-51(43-22-12-8-13-23-43)60(61)45-26-18-19-41(35-45)40-64/h7-39H,1-6H3. The predicted octanol–water partition coefficient (Wildman–Crippen LogP) is 17.0. The average molecular weight is 850 g/mol. The molecule has 66 heavy (non-hydrogen) atoms. The Kier molecular flexibility index (Phi) is 9.68. The van der Waals surface area contributed by atoms with Crippen LogP contribution in [-0.4, -0.2) is 9.13 Å². The summed E-state index contributed by atoms with van der Waals surface area (Å²) in [7, 11) is 0. The van der Waals surface area contributed by atoms with Crippen molar-refractivity contribution in [3.63, 3.8) is 0 Å². The van der Waals surface area contributed by atoms with Gasteiger partial charge in [0, 0.05) is 38.4 Å². The molecule has 11 aromatic rings. The summed E-state index contributed by atoms with van der Waals surface area (Å²) in [5.74, 6) is 0. The second kappa shape index (κ2) is 15.7. The molecule has 0 spiro atoms. The quantitative estimate of drug-likeness (QED) is 0.164. The molecule has 0 bridgehead atoms. The van der Waals surface area contributed by atoms with Crippen LogP contribution in [0.5, 0.6) is 0 Å². The molecule has 0 saturated heterocycles. The van der Waals surface area contributed by atoms with Gasteiger partial charge < -0.3 is 9.13 Å². The minimum absolute atomic E-state index is 0.0105. The van der Waals surface area contributed by atoms with E-state index in [9.17, 15) is 5.26 Å². The highest BCUT2D eigenvalue weighted by Gasteiger charge is 2.28. The molecule has 0 saturated carbocycles. The van der Waals surface area contributed by atoms with Crippen molar-refractivity contribution in [1.82, 2.24) is 9.13 Å². The molecular weight excluding hydrogens is 799 g/mol. The van der Waals surface area contributed by atoms with Crippen LogP contribution in [0.1, 0.15) is 58.2 Å². The number of benzene rings is 9. The van der Waals surface area contributed by atoms with Crippen molar-refractivity contribution < 1.29 is 0 Å². The summed E-state index contributed by atoms with van der Waals surface area (Å²) in [6.07, 6.45) is 0. The van der Waals surface area contributed by atoms with Crippen molar-refractivity contribution in [2.75, 3.05) is 0 Å². The van der Waals surface area contributed by atoms with Crippen LogP contribution < -0.4 is 0 Å². The average Bonchev–Trinajstić information content (AvgIpc) is 3.85. The second-order valence-corrected chi connectivity index (χ2v) is 19.7. The molecule has 0 aliphatic heterocycles. The van der Waals surface area contributed by atoms with E-state index in [1.807, 2.05) is 18.2 Å². The molecule has 0 aliphatic rings. The Morgan fingerprint density at radius 2 is 0.818 bits per heavy atom. The molecule has 0 radical (unpaired) electrons. The second-order valence-electron chi connectivity index (χ2n) is 19.7. The number of para-hydroxylation sites is 1. The Labute approximate surface area is 387 Å². The summed E-state index contributed by atoms with van der Waals surface area (Å²) in [6.45, 7) is 13.8. The first-order valence-corrected chi connectivity index (χ1v) is 23.0. The number of fused-ring (bicyclic) bond motifs is 6. The minimum Gasteiger partial charge on any atom is -0.309 e.